The van der Waals surface area contributed by atoms with Gasteiger partial charge in [0.2, 0.25) is 0 Å². The molecule has 104 valence electrons. The Kier molecular flexibility index (Phi) is 3.50. The first kappa shape index (κ1) is 13.2. The molecule has 0 saturated carbocycles. The molecular weight excluding hydrogens is 270 g/mol. The summed E-state index contributed by atoms with van der Waals surface area (Å²) in [5.41, 5.74) is 8.80. The number of hydrogen-bond acceptors (Lipinski definition) is 5. The molecule has 0 aromatic carbocycles. The fraction of sp³-hybridized carbons (Fsp3) is 0.357. The van der Waals surface area contributed by atoms with Crippen molar-refractivity contribution in [1.82, 2.24) is 19.5 Å². The lowest BCUT2D eigenvalue weighted by molar-refractivity contribution is 0.702. The van der Waals surface area contributed by atoms with Crippen molar-refractivity contribution in [3.05, 3.63) is 28.8 Å². The van der Waals surface area contributed by atoms with Crippen LogP contribution >= 0.6 is 11.3 Å². The highest BCUT2D eigenvalue weighted by atomic mass is 32.1. The third kappa shape index (κ3) is 2.21. The summed E-state index contributed by atoms with van der Waals surface area (Å²) in [5.74, 6) is 0.901. The number of nitrogens with two attached hydrogens (primary N) is 1. The third-order valence-electron chi connectivity index (χ3n) is 3.14. The Morgan fingerprint density at radius 3 is 2.95 bits per heavy atom. The van der Waals surface area contributed by atoms with Crippen molar-refractivity contribution < 1.29 is 0 Å². The molecule has 0 fully saturated rings. The van der Waals surface area contributed by atoms with Gasteiger partial charge in [-0.3, -0.25) is 4.98 Å². The number of aromatic nitrogens is 4. The molecule has 0 amide bonds. The Morgan fingerprint density at radius 2 is 2.25 bits per heavy atom. The predicted octanol–water partition coefficient (Wildman–Crippen LogP) is 2.98. The van der Waals surface area contributed by atoms with Gasteiger partial charge < -0.3 is 10.3 Å². The van der Waals surface area contributed by atoms with Crippen LogP contribution < -0.4 is 5.73 Å². The van der Waals surface area contributed by atoms with E-state index in [1.807, 2.05) is 18.4 Å². The van der Waals surface area contributed by atoms with Crippen LogP contribution in [0.4, 0.5) is 0 Å². The van der Waals surface area contributed by atoms with Crippen LogP contribution in [-0.4, -0.2) is 19.5 Å². The van der Waals surface area contributed by atoms with Gasteiger partial charge in [-0.15, -0.1) is 11.3 Å². The summed E-state index contributed by atoms with van der Waals surface area (Å²) in [7, 11) is 0. The van der Waals surface area contributed by atoms with E-state index < -0.39 is 0 Å². The molecule has 1 atom stereocenters. The largest absolute Gasteiger partial charge is 0.323 e. The average molecular weight is 287 g/mol. The number of hydrogen-bond donors (Lipinski definition) is 1. The van der Waals surface area contributed by atoms with Gasteiger partial charge in [0.1, 0.15) is 16.2 Å². The second-order valence-electron chi connectivity index (χ2n) is 4.81. The zero-order valence-electron chi connectivity index (χ0n) is 11.6. The van der Waals surface area contributed by atoms with Gasteiger partial charge in [0.25, 0.3) is 0 Å². The number of fused-ring (bicyclic) bond motifs is 1. The molecule has 2 N–H and O–H groups in total. The maximum Gasteiger partial charge on any atom is 0.160 e. The Morgan fingerprint density at radius 1 is 1.40 bits per heavy atom. The zero-order chi connectivity index (χ0) is 14.1. The van der Waals surface area contributed by atoms with Crippen molar-refractivity contribution in [2.24, 2.45) is 5.73 Å². The first-order chi connectivity index (χ1) is 9.70. The molecule has 20 heavy (non-hydrogen) atoms. The zero-order valence-corrected chi connectivity index (χ0v) is 12.4. The highest BCUT2D eigenvalue weighted by molar-refractivity contribution is 7.10. The van der Waals surface area contributed by atoms with E-state index in [-0.39, 0.29) is 6.04 Å². The fourth-order valence-corrected chi connectivity index (χ4v) is 2.98. The van der Waals surface area contributed by atoms with Crippen LogP contribution in [0, 0.1) is 0 Å². The molecule has 0 saturated heterocycles. The van der Waals surface area contributed by atoms with Crippen molar-refractivity contribution in [3.63, 3.8) is 0 Å². The molecule has 0 aliphatic heterocycles. The molecule has 3 rings (SSSR count). The number of thiazole rings is 1. The van der Waals surface area contributed by atoms with Crippen LogP contribution in [0.1, 0.15) is 31.3 Å². The number of rotatable bonds is 4. The van der Waals surface area contributed by atoms with Crippen LogP contribution in [0.15, 0.2) is 23.8 Å². The molecule has 3 aromatic heterocycles. The van der Waals surface area contributed by atoms with Gasteiger partial charge >= 0.3 is 0 Å². The van der Waals surface area contributed by atoms with Crippen LogP contribution in [0.2, 0.25) is 0 Å². The van der Waals surface area contributed by atoms with Gasteiger partial charge in [-0.2, -0.15) is 0 Å². The number of imidazole rings is 1. The van der Waals surface area contributed by atoms with Gasteiger partial charge in [-0.1, -0.05) is 6.92 Å². The number of pyridine rings is 1. The molecule has 6 heteroatoms. The van der Waals surface area contributed by atoms with E-state index in [0.717, 1.165) is 40.5 Å². The summed E-state index contributed by atoms with van der Waals surface area (Å²) in [5, 5.41) is 2.97. The highest BCUT2D eigenvalue weighted by Gasteiger charge is 2.15. The van der Waals surface area contributed by atoms with E-state index in [0.29, 0.717) is 0 Å². The summed E-state index contributed by atoms with van der Waals surface area (Å²) in [6.45, 7) is 5.02. The molecule has 0 aliphatic carbocycles. The first-order valence-electron chi connectivity index (χ1n) is 6.72. The summed E-state index contributed by atoms with van der Waals surface area (Å²) < 4.78 is 2.21. The molecule has 0 bridgehead atoms. The molecule has 0 radical (unpaired) electrons. The third-order valence-corrected chi connectivity index (χ3v) is 4.18. The van der Waals surface area contributed by atoms with Gasteiger partial charge in [0, 0.05) is 18.1 Å². The van der Waals surface area contributed by atoms with Crippen molar-refractivity contribution in [2.45, 2.75) is 32.9 Å². The molecular formula is C14H17N5S. The molecule has 3 aromatic rings. The molecule has 0 aliphatic rings. The van der Waals surface area contributed by atoms with Crippen LogP contribution in [-0.2, 0) is 6.54 Å². The Labute approximate surface area is 121 Å². The fourth-order valence-electron chi connectivity index (χ4n) is 2.23. The number of aryl methyl sites for hydroxylation is 1. The Balaban J connectivity index is 2.15. The van der Waals surface area contributed by atoms with Crippen LogP contribution in [0.5, 0.6) is 0 Å². The van der Waals surface area contributed by atoms with Gasteiger partial charge in [-0.25, -0.2) is 9.97 Å². The molecule has 1 unspecified atom stereocenters. The van der Waals surface area contributed by atoms with E-state index in [9.17, 15) is 0 Å². The van der Waals surface area contributed by atoms with Crippen molar-refractivity contribution in [3.8, 4) is 11.5 Å². The Bertz CT molecular complexity index is 728. The lowest BCUT2D eigenvalue weighted by Gasteiger charge is -2.05. The van der Waals surface area contributed by atoms with E-state index in [1.54, 1.807) is 23.7 Å². The Hall–Kier alpha value is -1.79. The minimum atomic E-state index is -0.0422. The maximum absolute atomic E-state index is 5.89. The first-order valence-corrected chi connectivity index (χ1v) is 7.60. The SMILES string of the molecule is CCCn1c(-c2csc(C(C)N)n2)nc2cnccc21. The summed E-state index contributed by atoms with van der Waals surface area (Å²) in [6, 6.07) is 1.96. The van der Waals surface area contributed by atoms with E-state index >= 15 is 0 Å². The second-order valence-corrected chi connectivity index (χ2v) is 5.70. The minimum Gasteiger partial charge on any atom is -0.323 e. The number of nitrogens with zero attached hydrogens (tertiary/aromatic N) is 4. The van der Waals surface area contributed by atoms with E-state index in [4.69, 9.17) is 5.73 Å². The highest BCUT2D eigenvalue weighted by Crippen LogP contribution is 2.27. The van der Waals surface area contributed by atoms with Gasteiger partial charge in [-0.05, 0) is 19.4 Å². The molecule has 0 spiro atoms. The summed E-state index contributed by atoms with van der Waals surface area (Å²) >= 11 is 1.58. The van der Waals surface area contributed by atoms with Gasteiger partial charge in [0.15, 0.2) is 5.82 Å². The maximum atomic E-state index is 5.89. The summed E-state index contributed by atoms with van der Waals surface area (Å²) in [6.07, 6.45) is 4.64. The van der Waals surface area contributed by atoms with E-state index in [2.05, 4.69) is 26.4 Å². The molecule has 3 heterocycles. The second kappa shape index (κ2) is 5.30. The van der Waals surface area contributed by atoms with Crippen LogP contribution in [0.25, 0.3) is 22.6 Å². The van der Waals surface area contributed by atoms with E-state index in [1.165, 1.54) is 0 Å². The van der Waals surface area contributed by atoms with Gasteiger partial charge in [0.05, 0.1) is 17.8 Å². The smallest absolute Gasteiger partial charge is 0.160 e. The monoisotopic (exact) mass is 287 g/mol. The molecule has 5 nitrogen and oxygen atoms in total. The lowest BCUT2D eigenvalue weighted by Crippen LogP contribution is -2.04. The van der Waals surface area contributed by atoms with Crippen LogP contribution in [0.3, 0.4) is 0 Å². The summed E-state index contributed by atoms with van der Waals surface area (Å²) in [4.78, 5) is 13.4. The lowest BCUT2D eigenvalue weighted by atomic mass is 10.3. The normalized spacial score (nSPS) is 12.9. The van der Waals surface area contributed by atoms with Crippen molar-refractivity contribution in [1.29, 1.82) is 0 Å². The van der Waals surface area contributed by atoms with Crippen molar-refractivity contribution >= 4 is 22.4 Å². The quantitative estimate of drug-likeness (QED) is 0.801. The minimum absolute atomic E-state index is 0.0422. The topological polar surface area (TPSA) is 69.6 Å². The average Bonchev–Trinajstić information content (AvgIpc) is 3.04. The standard InChI is InChI=1S/C14H17N5S/c1-3-6-19-12-4-5-16-7-10(12)17-13(19)11-8-20-14(18-11)9(2)15/h4-5,7-9H,3,6,15H2,1-2H3. The van der Waals surface area contributed by atoms with Crippen molar-refractivity contribution in [2.75, 3.05) is 0 Å². The predicted molar refractivity (Wildman–Crippen MR) is 81.5 cm³/mol.